The molecule has 0 amide bonds. The standard InChI is InChI=1S/C11H22ClNO3S/c1-2-16-7-8-17(14,15)13-10-11(9-12)5-3-4-6-11/h13H,2-10H2,1H3. The molecule has 0 spiro atoms. The highest BCUT2D eigenvalue weighted by Crippen LogP contribution is 2.38. The molecular weight excluding hydrogens is 262 g/mol. The summed E-state index contributed by atoms with van der Waals surface area (Å²) in [5, 5.41) is 0. The fourth-order valence-corrected chi connectivity index (χ4v) is 3.50. The van der Waals surface area contributed by atoms with E-state index in [2.05, 4.69) is 4.72 Å². The fourth-order valence-electron chi connectivity index (χ4n) is 2.13. The topological polar surface area (TPSA) is 55.4 Å². The Hall–Kier alpha value is 0.160. The minimum absolute atomic E-state index is 0.0270. The van der Waals surface area contributed by atoms with Crippen LogP contribution >= 0.6 is 11.6 Å². The van der Waals surface area contributed by atoms with Gasteiger partial charge in [0.05, 0.1) is 12.4 Å². The van der Waals surface area contributed by atoms with E-state index in [1.54, 1.807) is 0 Å². The average molecular weight is 284 g/mol. The summed E-state index contributed by atoms with van der Waals surface area (Å²) < 4.78 is 31.1. The summed E-state index contributed by atoms with van der Waals surface area (Å²) in [7, 11) is -3.22. The van der Waals surface area contributed by atoms with Crippen LogP contribution < -0.4 is 4.72 Å². The molecule has 0 atom stereocenters. The van der Waals surface area contributed by atoms with Gasteiger partial charge in [0.2, 0.25) is 10.0 Å². The molecule has 0 saturated heterocycles. The Morgan fingerprint density at radius 3 is 2.53 bits per heavy atom. The Bertz CT molecular complexity index is 313. The lowest BCUT2D eigenvalue weighted by Gasteiger charge is -2.26. The van der Waals surface area contributed by atoms with Crippen LogP contribution in [0.2, 0.25) is 0 Å². The van der Waals surface area contributed by atoms with Crippen molar-refractivity contribution >= 4 is 21.6 Å². The molecule has 0 aromatic carbocycles. The van der Waals surface area contributed by atoms with Crippen LogP contribution in [-0.2, 0) is 14.8 Å². The second-order valence-electron chi connectivity index (χ2n) is 4.68. The van der Waals surface area contributed by atoms with Gasteiger partial charge in [-0.3, -0.25) is 0 Å². The highest BCUT2D eigenvalue weighted by Gasteiger charge is 2.33. The predicted octanol–water partition coefficient (Wildman–Crippen LogP) is 1.74. The summed E-state index contributed by atoms with van der Waals surface area (Å²) in [6, 6.07) is 0. The van der Waals surface area contributed by atoms with Gasteiger partial charge in [-0.25, -0.2) is 13.1 Å². The SMILES string of the molecule is CCOCCS(=O)(=O)NCC1(CCl)CCCC1. The van der Waals surface area contributed by atoms with Gasteiger partial charge in [0.25, 0.3) is 0 Å². The van der Waals surface area contributed by atoms with E-state index in [9.17, 15) is 8.42 Å². The van der Waals surface area contributed by atoms with Crippen LogP contribution in [0, 0.1) is 5.41 Å². The van der Waals surface area contributed by atoms with E-state index in [0.717, 1.165) is 25.7 Å². The summed E-state index contributed by atoms with van der Waals surface area (Å²) in [6.07, 6.45) is 4.33. The first-order valence-electron chi connectivity index (χ1n) is 6.15. The molecule has 102 valence electrons. The number of sulfonamides is 1. The zero-order valence-corrected chi connectivity index (χ0v) is 11.9. The molecule has 1 saturated carbocycles. The fraction of sp³-hybridized carbons (Fsp3) is 1.00. The van der Waals surface area contributed by atoms with Gasteiger partial charge in [-0.15, -0.1) is 11.6 Å². The van der Waals surface area contributed by atoms with Gasteiger partial charge in [-0.05, 0) is 25.2 Å². The molecular formula is C11H22ClNO3S. The molecule has 4 nitrogen and oxygen atoms in total. The molecule has 0 radical (unpaired) electrons. The molecule has 17 heavy (non-hydrogen) atoms. The highest BCUT2D eigenvalue weighted by atomic mass is 35.5. The van der Waals surface area contributed by atoms with Crippen LogP contribution in [0.5, 0.6) is 0 Å². The highest BCUT2D eigenvalue weighted by molar-refractivity contribution is 7.89. The Labute approximate surface area is 109 Å². The van der Waals surface area contributed by atoms with E-state index in [4.69, 9.17) is 16.3 Å². The number of ether oxygens (including phenoxy) is 1. The van der Waals surface area contributed by atoms with Crippen LogP contribution in [0.1, 0.15) is 32.6 Å². The van der Waals surface area contributed by atoms with E-state index in [0.29, 0.717) is 19.0 Å². The van der Waals surface area contributed by atoms with Gasteiger partial charge in [0.1, 0.15) is 0 Å². The number of hydrogen-bond acceptors (Lipinski definition) is 3. The summed E-state index contributed by atoms with van der Waals surface area (Å²) in [6.45, 7) is 3.10. The Kier molecular flexibility index (Phi) is 6.20. The number of halogens is 1. The first kappa shape index (κ1) is 15.2. The quantitative estimate of drug-likeness (QED) is 0.545. The molecule has 1 aliphatic carbocycles. The van der Waals surface area contributed by atoms with Crippen molar-refractivity contribution in [1.82, 2.24) is 4.72 Å². The maximum atomic E-state index is 11.7. The largest absolute Gasteiger partial charge is 0.381 e. The second kappa shape index (κ2) is 6.92. The lowest BCUT2D eigenvalue weighted by atomic mass is 9.89. The molecule has 0 bridgehead atoms. The molecule has 1 N–H and O–H groups in total. The van der Waals surface area contributed by atoms with E-state index < -0.39 is 10.0 Å². The second-order valence-corrected chi connectivity index (χ2v) is 6.87. The molecule has 1 aliphatic rings. The van der Waals surface area contributed by atoms with E-state index >= 15 is 0 Å². The van der Waals surface area contributed by atoms with Gasteiger partial charge in [-0.2, -0.15) is 0 Å². The monoisotopic (exact) mass is 283 g/mol. The smallest absolute Gasteiger partial charge is 0.213 e. The van der Waals surface area contributed by atoms with Crippen molar-refractivity contribution < 1.29 is 13.2 Å². The van der Waals surface area contributed by atoms with Crippen molar-refractivity contribution in [3.05, 3.63) is 0 Å². The van der Waals surface area contributed by atoms with Gasteiger partial charge in [0.15, 0.2) is 0 Å². The third-order valence-electron chi connectivity index (χ3n) is 3.32. The number of nitrogens with one attached hydrogen (secondary N) is 1. The van der Waals surface area contributed by atoms with Crippen molar-refractivity contribution in [3.63, 3.8) is 0 Å². The normalized spacial score (nSPS) is 19.6. The third kappa shape index (κ3) is 5.12. The van der Waals surface area contributed by atoms with Crippen LogP contribution in [0.25, 0.3) is 0 Å². The van der Waals surface area contributed by atoms with E-state index in [-0.39, 0.29) is 17.8 Å². The van der Waals surface area contributed by atoms with Crippen LogP contribution in [-0.4, -0.2) is 39.8 Å². The van der Waals surface area contributed by atoms with Crippen LogP contribution in [0.3, 0.4) is 0 Å². The minimum atomic E-state index is -3.22. The Morgan fingerprint density at radius 1 is 1.35 bits per heavy atom. The van der Waals surface area contributed by atoms with E-state index in [1.165, 1.54) is 0 Å². The lowest BCUT2D eigenvalue weighted by Crippen LogP contribution is -2.38. The summed E-state index contributed by atoms with van der Waals surface area (Å²) in [4.78, 5) is 0. The van der Waals surface area contributed by atoms with Gasteiger partial charge in [-0.1, -0.05) is 12.8 Å². The molecule has 0 aromatic rings. The predicted molar refractivity (Wildman–Crippen MR) is 69.9 cm³/mol. The number of rotatable bonds is 8. The molecule has 1 fully saturated rings. The van der Waals surface area contributed by atoms with Gasteiger partial charge in [0, 0.05) is 19.0 Å². The van der Waals surface area contributed by atoms with Crippen molar-refractivity contribution in [3.8, 4) is 0 Å². The zero-order chi connectivity index (χ0) is 12.8. The summed E-state index contributed by atoms with van der Waals surface area (Å²) >= 11 is 5.96. The van der Waals surface area contributed by atoms with Crippen molar-refractivity contribution in [1.29, 1.82) is 0 Å². The van der Waals surface area contributed by atoms with Crippen molar-refractivity contribution in [2.45, 2.75) is 32.6 Å². The van der Waals surface area contributed by atoms with E-state index in [1.807, 2.05) is 6.92 Å². The van der Waals surface area contributed by atoms with Gasteiger partial charge >= 0.3 is 0 Å². The maximum absolute atomic E-state index is 11.7. The lowest BCUT2D eigenvalue weighted by molar-refractivity contribution is 0.163. The minimum Gasteiger partial charge on any atom is -0.381 e. The molecule has 6 heteroatoms. The first-order valence-corrected chi connectivity index (χ1v) is 8.33. The maximum Gasteiger partial charge on any atom is 0.213 e. The molecule has 0 heterocycles. The average Bonchev–Trinajstić information content (AvgIpc) is 2.76. The van der Waals surface area contributed by atoms with Crippen molar-refractivity contribution in [2.75, 3.05) is 31.4 Å². The van der Waals surface area contributed by atoms with Gasteiger partial charge < -0.3 is 4.74 Å². The Morgan fingerprint density at radius 2 is 2.00 bits per heavy atom. The number of hydrogen-bond donors (Lipinski definition) is 1. The Balaban J connectivity index is 2.37. The number of alkyl halides is 1. The molecule has 1 rings (SSSR count). The molecule has 0 aromatic heterocycles. The van der Waals surface area contributed by atoms with Crippen LogP contribution in [0.15, 0.2) is 0 Å². The molecule has 0 aliphatic heterocycles. The summed E-state index contributed by atoms with van der Waals surface area (Å²) in [5.74, 6) is 0.556. The zero-order valence-electron chi connectivity index (χ0n) is 10.4. The molecule has 0 unspecified atom stereocenters. The van der Waals surface area contributed by atoms with Crippen molar-refractivity contribution in [2.24, 2.45) is 5.41 Å². The third-order valence-corrected chi connectivity index (χ3v) is 5.17. The summed E-state index contributed by atoms with van der Waals surface area (Å²) in [5.41, 5.74) is -0.0275. The first-order chi connectivity index (χ1) is 8.04. The van der Waals surface area contributed by atoms with Crippen LogP contribution in [0.4, 0.5) is 0 Å².